The molecule has 2 nitrogen and oxygen atoms in total. The van der Waals surface area contributed by atoms with E-state index < -0.39 is 11.9 Å². The van der Waals surface area contributed by atoms with Crippen molar-refractivity contribution < 1.29 is 14.2 Å². The second kappa shape index (κ2) is 6.04. The number of rotatable bonds is 4. The van der Waals surface area contributed by atoms with Crippen molar-refractivity contribution in [1.29, 1.82) is 0 Å². The summed E-state index contributed by atoms with van der Waals surface area (Å²) >= 11 is 5.70. The first-order chi connectivity index (χ1) is 9.08. The van der Waals surface area contributed by atoms with Crippen molar-refractivity contribution in [3.8, 4) is 5.75 Å². The number of benzene rings is 2. The van der Waals surface area contributed by atoms with Crippen LogP contribution < -0.4 is 4.74 Å². The highest BCUT2D eigenvalue weighted by atomic mass is 35.5. The van der Waals surface area contributed by atoms with E-state index in [1.54, 1.807) is 43.3 Å². The van der Waals surface area contributed by atoms with E-state index in [0.29, 0.717) is 11.3 Å². The standard InChI is InChI=1S/C15H14ClFO2/c1-10(18)11-4-2-6-13(8-11)19-9-12-5-3-7-14(16)15(12)17/h2-8,10,18H,9H2,1H3. The van der Waals surface area contributed by atoms with E-state index in [-0.39, 0.29) is 11.6 Å². The number of halogens is 2. The molecule has 0 aliphatic carbocycles. The Morgan fingerprint density at radius 1 is 1.26 bits per heavy atom. The van der Waals surface area contributed by atoms with Gasteiger partial charge in [0.25, 0.3) is 0 Å². The first-order valence-corrected chi connectivity index (χ1v) is 6.29. The Morgan fingerprint density at radius 2 is 2.00 bits per heavy atom. The van der Waals surface area contributed by atoms with Gasteiger partial charge in [0.1, 0.15) is 18.2 Å². The van der Waals surface area contributed by atoms with Crippen molar-refractivity contribution in [2.24, 2.45) is 0 Å². The highest BCUT2D eigenvalue weighted by Crippen LogP contribution is 2.22. The maximum absolute atomic E-state index is 13.7. The summed E-state index contributed by atoms with van der Waals surface area (Å²) in [5.41, 5.74) is 1.15. The molecule has 0 heterocycles. The lowest BCUT2D eigenvalue weighted by Gasteiger charge is -2.10. The van der Waals surface area contributed by atoms with Crippen molar-refractivity contribution in [1.82, 2.24) is 0 Å². The van der Waals surface area contributed by atoms with Gasteiger partial charge in [-0.05, 0) is 30.7 Å². The molecule has 2 aromatic rings. The lowest BCUT2D eigenvalue weighted by molar-refractivity contribution is 0.198. The summed E-state index contributed by atoms with van der Waals surface area (Å²) in [6.07, 6.45) is -0.563. The molecule has 0 saturated carbocycles. The van der Waals surface area contributed by atoms with Gasteiger partial charge in [-0.2, -0.15) is 0 Å². The monoisotopic (exact) mass is 280 g/mol. The van der Waals surface area contributed by atoms with Gasteiger partial charge in [-0.15, -0.1) is 0 Å². The summed E-state index contributed by atoms with van der Waals surface area (Å²) < 4.78 is 19.2. The van der Waals surface area contributed by atoms with Crippen molar-refractivity contribution in [3.63, 3.8) is 0 Å². The van der Waals surface area contributed by atoms with Crippen LogP contribution in [-0.2, 0) is 6.61 Å². The van der Waals surface area contributed by atoms with E-state index in [1.807, 2.05) is 0 Å². The van der Waals surface area contributed by atoms with Gasteiger partial charge < -0.3 is 9.84 Å². The molecule has 0 radical (unpaired) electrons. The lowest BCUT2D eigenvalue weighted by Crippen LogP contribution is -2.00. The van der Waals surface area contributed by atoms with Crippen molar-refractivity contribution in [3.05, 3.63) is 64.4 Å². The van der Waals surface area contributed by atoms with E-state index in [0.717, 1.165) is 5.56 Å². The van der Waals surface area contributed by atoms with Crippen LogP contribution in [0.3, 0.4) is 0 Å². The highest BCUT2D eigenvalue weighted by molar-refractivity contribution is 6.30. The third kappa shape index (κ3) is 3.46. The molecule has 2 rings (SSSR count). The Labute approximate surface area is 116 Å². The molecule has 0 spiro atoms. The number of aliphatic hydroxyl groups excluding tert-OH is 1. The van der Waals surface area contributed by atoms with Gasteiger partial charge >= 0.3 is 0 Å². The minimum absolute atomic E-state index is 0.0823. The SMILES string of the molecule is CC(O)c1cccc(OCc2cccc(Cl)c2F)c1. The molecular weight excluding hydrogens is 267 g/mol. The Hall–Kier alpha value is -1.58. The van der Waals surface area contributed by atoms with Crippen LogP contribution in [0, 0.1) is 5.82 Å². The number of hydrogen-bond acceptors (Lipinski definition) is 2. The van der Waals surface area contributed by atoms with Gasteiger partial charge in [-0.3, -0.25) is 0 Å². The fourth-order valence-corrected chi connectivity index (χ4v) is 1.88. The molecule has 0 saturated heterocycles. The fraction of sp³-hybridized carbons (Fsp3) is 0.200. The molecule has 0 aliphatic heterocycles. The van der Waals surface area contributed by atoms with E-state index in [9.17, 15) is 9.50 Å². The predicted octanol–water partition coefficient (Wildman–Crippen LogP) is 4.11. The normalized spacial score (nSPS) is 12.2. The molecule has 100 valence electrons. The largest absolute Gasteiger partial charge is 0.489 e. The van der Waals surface area contributed by atoms with Gasteiger partial charge in [-0.1, -0.05) is 35.9 Å². The molecular formula is C15H14ClFO2. The van der Waals surface area contributed by atoms with Crippen molar-refractivity contribution in [2.75, 3.05) is 0 Å². The molecule has 0 amide bonds. The van der Waals surface area contributed by atoms with Gasteiger partial charge in [0, 0.05) is 5.56 Å². The Morgan fingerprint density at radius 3 is 2.74 bits per heavy atom. The molecule has 0 fully saturated rings. The fourth-order valence-electron chi connectivity index (χ4n) is 1.69. The van der Waals surface area contributed by atoms with Crippen LogP contribution in [0.15, 0.2) is 42.5 Å². The number of aliphatic hydroxyl groups is 1. The van der Waals surface area contributed by atoms with E-state index in [2.05, 4.69) is 0 Å². The highest BCUT2D eigenvalue weighted by Gasteiger charge is 2.07. The third-order valence-corrected chi connectivity index (χ3v) is 3.06. The zero-order valence-electron chi connectivity index (χ0n) is 10.4. The predicted molar refractivity (Wildman–Crippen MR) is 72.8 cm³/mol. The molecule has 1 N–H and O–H groups in total. The zero-order chi connectivity index (χ0) is 13.8. The van der Waals surface area contributed by atoms with Crippen molar-refractivity contribution in [2.45, 2.75) is 19.6 Å². The van der Waals surface area contributed by atoms with E-state index in [1.165, 1.54) is 6.07 Å². The van der Waals surface area contributed by atoms with Crippen LogP contribution >= 0.6 is 11.6 Å². The molecule has 1 atom stereocenters. The molecule has 2 aromatic carbocycles. The summed E-state index contributed by atoms with van der Waals surface area (Å²) in [5.74, 6) is 0.119. The molecule has 1 unspecified atom stereocenters. The summed E-state index contributed by atoms with van der Waals surface area (Å²) in [4.78, 5) is 0. The second-order valence-electron chi connectivity index (χ2n) is 4.25. The zero-order valence-corrected chi connectivity index (χ0v) is 11.2. The second-order valence-corrected chi connectivity index (χ2v) is 4.66. The van der Waals surface area contributed by atoms with Crippen LogP contribution in [0.25, 0.3) is 0 Å². The summed E-state index contributed by atoms with van der Waals surface area (Å²) in [6.45, 7) is 1.77. The first-order valence-electron chi connectivity index (χ1n) is 5.91. The average molecular weight is 281 g/mol. The van der Waals surface area contributed by atoms with Gasteiger partial charge in [-0.25, -0.2) is 4.39 Å². The van der Waals surface area contributed by atoms with E-state index in [4.69, 9.17) is 16.3 Å². The van der Waals surface area contributed by atoms with Gasteiger partial charge in [0.05, 0.1) is 11.1 Å². The summed E-state index contributed by atoms with van der Waals surface area (Å²) in [6, 6.07) is 11.9. The van der Waals surface area contributed by atoms with E-state index >= 15 is 0 Å². The van der Waals surface area contributed by atoms with Crippen molar-refractivity contribution >= 4 is 11.6 Å². The topological polar surface area (TPSA) is 29.5 Å². The smallest absolute Gasteiger partial charge is 0.148 e. The van der Waals surface area contributed by atoms with Gasteiger partial charge in [0.2, 0.25) is 0 Å². The molecule has 0 aliphatic rings. The molecule has 0 bridgehead atoms. The maximum atomic E-state index is 13.7. The van der Waals surface area contributed by atoms with Crippen LogP contribution in [0.4, 0.5) is 4.39 Å². The Balaban J connectivity index is 2.10. The summed E-state index contributed by atoms with van der Waals surface area (Å²) in [7, 11) is 0. The Kier molecular flexibility index (Phi) is 4.40. The molecule has 4 heteroatoms. The van der Waals surface area contributed by atoms with Crippen LogP contribution in [0.2, 0.25) is 5.02 Å². The quantitative estimate of drug-likeness (QED) is 0.913. The number of ether oxygens (including phenoxy) is 1. The van der Waals surface area contributed by atoms with Gasteiger partial charge in [0.15, 0.2) is 0 Å². The van der Waals surface area contributed by atoms with Crippen LogP contribution in [0.1, 0.15) is 24.2 Å². The minimum Gasteiger partial charge on any atom is -0.489 e. The lowest BCUT2D eigenvalue weighted by atomic mass is 10.1. The number of hydrogen-bond donors (Lipinski definition) is 1. The molecule has 19 heavy (non-hydrogen) atoms. The minimum atomic E-state index is -0.563. The van der Waals surface area contributed by atoms with Crippen LogP contribution in [-0.4, -0.2) is 5.11 Å². The first kappa shape index (κ1) is 13.8. The van der Waals surface area contributed by atoms with Crippen LogP contribution in [0.5, 0.6) is 5.75 Å². The maximum Gasteiger partial charge on any atom is 0.148 e. The third-order valence-electron chi connectivity index (χ3n) is 2.77. The molecule has 0 aromatic heterocycles. The average Bonchev–Trinajstić information content (AvgIpc) is 2.41. The Bertz CT molecular complexity index is 570. The summed E-state index contributed by atoms with van der Waals surface area (Å²) in [5, 5.41) is 9.56.